The van der Waals surface area contributed by atoms with Crippen LogP contribution in [0, 0.1) is 0 Å². The molecule has 2 fully saturated rings. The lowest BCUT2D eigenvalue weighted by molar-refractivity contribution is -0.135. The normalized spacial score (nSPS) is 32.7. The Kier molecular flexibility index (Phi) is 4.71. The van der Waals surface area contributed by atoms with Gasteiger partial charge in [0.05, 0.1) is 6.61 Å². The molecule has 120 valence electrons. The summed E-state index contributed by atoms with van der Waals surface area (Å²) in [6.45, 7) is 0.632. The van der Waals surface area contributed by atoms with Crippen LogP contribution in [0.5, 0.6) is 0 Å². The van der Waals surface area contributed by atoms with Gasteiger partial charge in [-0.1, -0.05) is 24.3 Å². The molecule has 3 unspecified atom stereocenters. The molecule has 0 radical (unpaired) electrons. The lowest BCUT2D eigenvalue weighted by Crippen LogP contribution is -2.49. The van der Waals surface area contributed by atoms with Gasteiger partial charge in [0.2, 0.25) is 0 Å². The molecule has 1 aromatic carbocycles. The fraction of sp³-hybridized carbons (Fsp3) is 0.588. The van der Waals surface area contributed by atoms with Crippen LogP contribution in [0.4, 0.5) is 0 Å². The van der Waals surface area contributed by atoms with E-state index in [2.05, 4.69) is 16.7 Å². The zero-order valence-electron chi connectivity index (χ0n) is 12.6. The smallest absolute Gasteiger partial charge is 0.253 e. The highest BCUT2D eigenvalue weighted by molar-refractivity contribution is 5.85. The average molecular weight is 323 g/mol. The van der Waals surface area contributed by atoms with Crippen molar-refractivity contribution in [2.75, 3.05) is 6.61 Å². The van der Waals surface area contributed by atoms with Gasteiger partial charge in [-0.3, -0.25) is 4.79 Å². The molecule has 4 nitrogen and oxygen atoms in total. The van der Waals surface area contributed by atoms with Gasteiger partial charge in [-0.2, -0.15) is 0 Å². The van der Waals surface area contributed by atoms with Crippen molar-refractivity contribution in [3.63, 3.8) is 0 Å². The van der Waals surface area contributed by atoms with E-state index in [1.165, 1.54) is 18.4 Å². The fourth-order valence-electron chi connectivity index (χ4n) is 4.06. The third kappa shape index (κ3) is 3.00. The minimum Gasteiger partial charge on any atom is -0.363 e. The zero-order valence-corrected chi connectivity index (χ0v) is 13.4. The van der Waals surface area contributed by atoms with E-state index >= 15 is 0 Å². The maximum absolute atomic E-state index is 12.6. The molecule has 0 spiro atoms. The fourth-order valence-corrected chi connectivity index (χ4v) is 4.06. The number of carbonyl (C=O) groups is 1. The van der Waals surface area contributed by atoms with Crippen molar-refractivity contribution in [1.82, 2.24) is 10.6 Å². The molecule has 0 aromatic heterocycles. The Morgan fingerprint density at radius 2 is 1.91 bits per heavy atom. The molecule has 1 aromatic rings. The third-order valence-electron chi connectivity index (χ3n) is 5.05. The molecule has 3 heterocycles. The molecule has 2 N–H and O–H groups in total. The molecule has 22 heavy (non-hydrogen) atoms. The highest BCUT2D eigenvalue weighted by Gasteiger charge is 2.36. The first-order chi connectivity index (χ1) is 10.3. The molecule has 3 atom stereocenters. The van der Waals surface area contributed by atoms with E-state index in [1.54, 1.807) is 0 Å². The molecule has 4 rings (SSSR count). The highest BCUT2D eigenvalue weighted by Crippen LogP contribution is 2.30. The van der Waals surface area contributed by atoms with Crippen molar-refractivity contribution in [2.45, 2.75) is 56.3 Å². The molecule has 0 saturated carbocycles. The van der Waals surface area contributed by atoms with Crippen LogP contribution in [0.2, 0.25) is 0 Å². The lowest BCUT2D eigenvalue weighted by atomic mass is 9.95. The summed E-state index contributed by atoms with van der Waals surface area (Å²) in [5, 5.41) is 6.83. The maximum atomic E-state index is 12.6. The van der Waals surface area contributed by atoms with Gasteiger partial charge in [0.25, 0.3) is 5.91 Å². The van der Waals surface area contributed by atoms with Gasteiger partial charge in [-0.15, -0.1) is 12.4 Å². The first-order valence-corrected chi connectivity index (χ1v) is 8.05. The van der Waals surface area contributed by atoms with Crippen LogP contribution in [-0.2, 0) is 16.0 Å². The van der Waals surface area contributed by atoms with E-state index in [0.29, 0.717) is 24.7 Å². The van der Waals surface area contributed by atoms with Gasteiger partial charge in [-0.05, 0) is 43.2 Å². The molecule has 0 aliphatic carbocycles. The summed E-state index contributed by atoms with van der Waals surface area (Å²) < 4.78 is 5.75. The molecule has 2 saturated heterocycles. The second-order valence-corrected chi connectivity index (χ2v) is 6.51. The van der Waals surface area contributed by atoms with Crippen LogP contribution in [0.15, 0.2) is 24.3 Å². The lowest BCUT2D eigenvalue weighted by Gasteiger charge is -2.32. The second-order valence-electron chi connectivity index (χ2n) is 6.51. The van der Waals surface area contributed by atoms with Gasteiger partial charge in [0.15, 0.2) is 6.10 Å². The third-order valence-corrected chi connectivity index (χ3v) is 5.05. The maximum Gasteiger partial charge on any atom is 0.253 e. The Bertz CT molecular complexity index is 539. The number of piperidine rings is 1. The number of fused-ring (bicyclic) bond motifs is 3. The number of benzene rings is 1. The first kappa shape index (κ1) is 15.8. The Hall–Kier alpha value is -1.10. The molecule has 3 aliphatic rings. The van der Waals surface area contributed by atoms with Crippen LogP contribution < -0.4 is 10.6 Å². The predicted molar refractivity (Wildman–Crippen MR) is 87.2 cm³/mol. The van der Waals surface area contributed by atoms with E-state index in [-0.39, 0.29) is 18.3 Å². The average Bonchev–Trinajstić information content (AvgIpc) is 2.85. The molecule has 2 bridgehead atoms. The quantitative estimate of drug-likeness (QED) is 0.877. The number of carbonyl (C=O) groups excluding carboxylic acids is 1. The number of amides is 1. The van der Waals surface area contributed by atoms with E-state index in [1.807, 2.05) is 18.2 Å². The summed E-state index contributed by atoms with van der Waals surface area (Å²) in [4.78, 5) is 12.6. The van der Waals surface area contributed by atoms with Crippen molar-refractivity contribution in [1.29, 1.82) is 0 Å². The largest absolute Gasteiger partial charge is 0.363 e. The Morgan fingerprint density at radius 1 is 1.18 bits per heavy atom. The summed E-state index contributed by atoms with van der Waals surface area (Å²) in [5.74, 6) is 0.0356. The van der Waals surface area contributed by atoms with Crippen molar-refractivity contribution in [3.05, 3.63) is 35.4 Å². The van der Waals surface area contributed by atoms with E-state index < -0.39 is 6.10 Å². The minimum atomic E-state index is -0.428. The van der Waals surface area contributed by atoms with Gasteiger partial charge in [-0.25, -0.2) is 0 Å². The highest BCUT2D eigenvalue weighted by atomic mass is 35.5. The molecular formula is C17H23ClN2O2. The van der Waals surface area contributed by atoms with E-state index in [4.69, 9.17) is 4.74 Å². The van der Waals surface area contributed by atoms with Gasteiger partial charge in [0.1, 0.15) is 0 Å². The number of halogens is 1. The van der Waals surface area contributed by atoms with E-state index in [0.717, 1.165) is 24.8 Å². The predicted octanol–water partition coefficient (Wildman–Crippen LogP) is 2.12. The summed E-state index contributed by atoms with van der Waals surface area (Å²) in [6.07, 6.45) is 5.08. The number of hydrogen-bond acceptors (Lipinski definition) is 3. The zero-order chi connectivity index (χ0) is 14.2. The van der Waals surface area contributed by atoms with Crippen molar-refractivity contribution in [2.24, 2.45) is 0 Å². The first-order valence-electron chi connectivity index (χ1n) is 8.05. The molecular weight excluding hydrogens is 300 g/mol. The Balaban J connectivity index is 0.00000144. The van der Waals surface area contributed by atoms with Gasteiger partial charge in [0, 0.05) is 18.1 Å². The summed E-state index contributed by atoms with van der Waals surface area (Å²) >= 11 is 0. The summed E-state index contributed by atoms with van der Waals surface area (Å²) in [7, 11) is 0. The van der Waals surface area contributed by atoms with Crippen LogP contribution in [0.3, 0.4) is 0 Å². The number of rotatable bonds is 2. The Labute approximate surface area is 137 Å². The van der Waals surface area contributed by atoms with Crippen LogP contribution in [0.25, 0.3) is 0 Å². The topological polar surface area (TPSA) is 50.4 Å². The van der Waals surface area contributed by atoms with Crippen molar-refractivity contribution >= 4 is 18.3 Å². The van der Waals surface area contributed by atoms with Crippen molar-refractivity contribution < 1.29 is 9.53 Å². The summed E-state index contributed by atoms with van der Waals surface area (Å²) in [6, 6.07) is 9.62. The molecule has 1 amide bonds. The van der Waals surface area contributed by atoms with Crippen LogP contribution >= 0.6 is 12.4 Å². The number of hydrogen-bond donors (Lipinski definition) is 2. The summed E-state index contributed by atoms with van der Waals surface area (Å²) in [5.41, 5.74) is 2.28. The monoisotopic (exact) mass is 322 g/mol. The van der Waals surface area contributed by atoms with Gasteiger partial charge >= 0.3 is 0 Å². The number of ether oxygens (including phenoxy) is 1. The Morgan fingerprint density at radius 3 is 2.68 bits per heavy atom. The molecule has 3 aliphatic heterocycles. The standard InChI is InChI=1S/C17H22N2O2.ClH/c20-17(19-14-9-12-5-6-13(10-14)18-12)16-15-4-2-1-3-11(15)7-8-21-16;/h1-4,12-14,16,18H,5-10H2,(H,19,20);1H. The van der Waals surface area contributed by atoms with Crippen molar-refractivity contribution in [3.8, 4) is 0 Å². The van der Waals surface area contributed by atoms with E-state index in [9.17, 15) is 4.79 Å². The van der Waals surface area contributed by atoms with Crippen LogP contribution in [-0.4, -0.2) is 30.6 Å². The molecule has 5 heteroatoms. The second kappa shape index (κ2) is 6.57. The minimum absolute atomic E-state index is 0. The number of nitrogens with one attached hydrogen (secondary N) is 2. The van der Waals surface area contributed by atoms with Gasteiger partial charge < -0.3 is 15.4 Å². The van der Waals surface area contributed by atoms with Crippen LogP contribution in [0.1, 0.15) is 42.9 Å². The SMILES string of the molecule is Cl.O=C(NC1CC2CCC(C1)N2)C1OCCc2ccccc21.